The van der Waals surface area contributed by atoms with Crippen molar-refractivity contribution in [3.05, 3.63) is 78.2 Å². The molecule has 2 heterocycles. The summed E-state index contributed by atoms with van der Waals surface area (Å²) in [5.74, 6) is 0.199. The van der Waals surface area contributed by atoms with Crippen LogP contribution in [0, 0.1) is 0 Å². The lowest BCUT2D eigenvalue weighted by molar-refractivity contribution is 0.0946. The molecule has 2 N–H and O–H groups in total. The van der Waals surface area contributed by atoms with Gasteiger partial charge in [0.1, 0.15) is 0 Å². The van der Waals surface area contributed by atoms with Gasteiger partial charge in [-0.1, -0.05) is 36.4 Å². The summed E-state index contributed by atoms with van der Waals surface area (Å²) in [5, 5.41) is 8.50. The highest BCUT2D eigenvalue weighted by Crippen LogP contribution is 2.20. The van der Waals surface area contributed by atoms with Crippen molar-refractivity contribution in [2.24, 2.45) is 0 Å². The van der Waals surface area contributed by atoms with E-state index >= 15 is 0 Å². The van der Waals surface area contributed by atoms with Gasteiger partial charge in [-0.3, -0.25) is 4.79 Å². The highest BCUT2D eigenvalue weighted by Gasteiger charge is 2.18. The average Bonchev–Trinajstić information content (AvgIpc) is 3.33. The molecule has 0 unspecified atom stereocenters. The van der Waals surface area contributed by atoms with Crippen molar-refractivity contribution in [3.8, 4) is 11.4 Å². The number of hydrogen-bond donors (Lipinski definition) is 2. The zero-order valence-electron chi connectivity index (χ0n) is 15.0. The summed E-state index contributed by atoms with van der Waals surface area (Å²) < 4.78 is 6.98. The largest absolute Gasteiger partial charge is 0.493 e. The van der Waals surface area contributed by atoms with Crippen LogP contribution in [0.25, 0.3) is 16.6 Å². The molecule has 2 aromatic carbocycles. The zero-order chi connectivity index (χ0) is 18.6. The summed E-state index contributed by atoms with van der Waals surface area (Å²) in [7, 11) is 1.54. The van der Waals surface area contributed by atoms with E-state index in [-0.39, 0.29) is 11.6 Å². The van der Waals surface area contributed by atoms with Gasteiger partial charge in [-0.05, 0) is 30.2 Å². The summed E-state index contributed by atoms with van der Waals surface area (Å²) in [6.45, 7) is 0.516. The molecule has 27 heavy (non-hydrogen) atoms. The molecule has 4 rings (SSSR count). The number of rotatable bonds is 6. The van der Waals surface area contributed by atoms with Crippen molar-refractivity contribution in [1.82, 2.24) is 20.1 Å². The van der Waals surface area contributed by atoms with Gasteiger partial charge >= 0.3 is 0 Å². The molecule has 4 aromatic rings. The molecule has 1 amide bonds. The van der Waals surface area contributed by atoms with Gasteiger partial charge in [0.25, 0.3) is 5.91 Å². The summed E-state index contributed by atoms with van der Waals surface area (Å²) in [4.78, 5) is 15.8. The van der Waals surface area contributed by atoms with Crippen LogP contribution in [0.3, 0.4) is 0 Å². The minimum absolute atomic E-state index is 0.249. The molecule has 0 aliphatic rings. The summed E-state index contributed by atoms with van der Waals surface area (Å²) in [6.07, 6.45) is 4.43. The molecular weight excluding hydrogens is 340 g/mol. The Hall–Kier alpha value is -3.54. The number of aromatic nitrogens is 3. The predicted molar refractivity (Wildman–Crippen MR) is 104 cm³/mol. The van der Waals surface area contributed by atoms with Crippen LogP contribution in [0.2, 0.25) is 0 Å². The highest BCUT2D eigenvalue weighted by atomic mass is 16.5. The molecule has 0 aliphatic carbocycles. The number of nitrogens with zero attached hydrogens (tertiary/aromatic N) is 2. The number of methoxy groups -OCH3 is 1. The molecule has 6 nitrogen and oxygen atoms in total. The molecule has 6 heteroatoms. The maximum Gasteiger partial charge on any atom is 0.275 e. The number of benzene rings is 2. The fraction of sp³-hybridized carbons (Fsp3) is 0.143. The molecule has 2 aromatic heterocycles. The van der Waals surface area contributed by atoms with E-state index in [0.29, 0.717) is 12.3 Å². The van der Waals surface area contributed by atoms with Crippen molar-refractivity contribution in [2.45, 2.75) is 6.42 Å². The van der Waals surface area contributed by atoms with E-state index < -0.39 is 0 Å². The van der Waals surface area contributed by atoms with E-state index in [1.807, 2.05) is 54.7 Å². The molecule has 0 aliphatic heterocycles. The first-order valence-corrected chi connectivity index (χ1v) is 8.78. The lowest BCUT2D eigenvalue weighted by Gasteiger charge is -2.04. The van der Waals surface area contributed by atoms with Crippen LogP contribution in [0.5, 0.6) is 5.75 Å². The second-order valence-corrected chi connectivity index (χ2v) is 6.19. The SMILES string of the molecule is COc1cn(-c2ccccc2)nc1C(=O)NCCc1c[nH]c2ccccc12. The Bertz CT molecular complexity index is 1070. The Morgan fingerprint density at radius 1 is 1.15 bits per heavy atom. The van der Waals surface area contributed by atoms with Crippen LogP contribution in [0.1, 0.15) is 16.1 Å². The second-order valence-electron chi connectivity index (χ2n) is 6.19. The minimum Gasteiger partial charge on any atom is -0.493 e. The van der Waals surface area contributed by atoms with Crippen LogP contribution in [0.15, 0.2) is 67.0 Å². The van der Waals surface area contributed by atoms with Crippen molar-refractivity contribution >= 4 is 16.8 Å². The summed E-state index contributed by atoms with van der Waals surface area (Å²) in [6, 6.07) is 17.7. The number of ether oxygens (including phenoxy) is 1. The van der Waals surface area contributed by atoms with Gasteiger partial charge in [-0.25, -0.2) is 4.68 Å². The fourth-order valence-electron chi connectivity index (χ4n) is 3.11. The number of amides is 1. The van der Waals surface area contributed by atoms with Crippen LogP contribution < -0.4 is 10.1 Å². The van der Waals surface area contributed by atoms with Gasteiger partial charge in [0.05, 0.1) is 19.0 Å². The van der Waals surface area contributed by atoms with Crippen LogP contribution >= 0.6 is 0 Å². The Kier molecular flexibility index (Phi) is 4.61. The Balaban J connectivity index is 1.46. The zero-order valence-corrected chi connectivity index (χ0v) is 15.0. The van der Waals surface area contributed by atoms with Crippen LogP contribution in [-0.2, 0) is 6.42 Å². The number of aromatic amines is 1. The van der Waals surface area contributed by atoms with Gasteiger partial charge < -0.3 is 15.0 Å². The molecule has 0 bridgehead atoms. The van der Waals surface area contributed by atoms with Gasteiger partial charge in [-0.2, -0.15) is 5.10 Å². The molecule has 0 fully saturated rings. The maximum atomic E-state index is 12.6. The molecule has 0 radical (unpaired) electrons. The van der Waals surface area contributed by atoms with Crippen molar-refractivity contribution < 1.29 is 9.53 Å². The van der Waals surface area contributed by atoms with E-state index in [1.54, 1.807) is 10.9 Å². The monoisotopic (exact) mass is 360 g/mol. The van der Waals surface area contributed by atoms with Crippen LogP contribution in [-0.4, -0.2) is 34.3 Å². The number of hydrogen-bond acceptors (Lipinski definition) is 3. The third-order valence-electron chi connectivity index (χ3n) is 4.49. The Morgan fingerprint density at radius 3 is 2.74 bits per heavy atom. The van der Waals surface area contributed by atoms with Gasteiger partial charge in [-0.15, -0.1) is 0 Å². The first kappa shape index (κ1) is 16.9. The second kappa shape index (κ2) is 7.37. The van der Waals surface area contributed by atoms with Crippen molar-refractivity contribution in [2.75, 3.05) is 13.7 Å². The van der Waals surface area contributed by atoms with Crippen LogP contribution in [0.4, 0.5) is 0 Å². The maximum absolute atomic E-state index is 12.6. The Morgan fingerprint density at radius 2 is 1.93 bits per heavy atom. The standard InChI is InChI=1S/C21H20N4O2/c1-27-19-14-25(16-7-3-2-4-8-16)24-20(19)21(26)22-12-11-15-13-23-18-10-6-5-9-17(15)18/h2-10,13-14,23H,11-12H2,1H3,(H,22,26). The van der Waals surface area contributed by atoms with Crippen molar-refractivity contribution in [1.29, 1.82) is 0 Å². The first-order valence-electron chi connectivity index (χ1n) is 8.78. The third kappa shape index (κ3) is 3.42. The Labute approximate surface area is 156 Å². The number of nitrogens with one attached hydrogen (secondary N) is 2. The number of carbonyl (C=O) groups excluding carboxylic acids is 1. The fourth-order valence-corrected chi connectivity index (χ4v) is 3.11. The van der Waals surface area contributed by atoms with Gasteiger partial charge in [0, 0.05) is 23.6 Å². The third-order valence-corrected chi connectivity index (χ3v) is 4.49. The number of carbonyl (C=O) groups is 1. The van der Waals surface area contributed by atoms with E-state index in [4.69, 9.17) is 4.74 Å². The number of H-pyrrole nitrogens is 1. The van der Waals surface area contributed by atoms with E-state index in [9.17, 15) is 4.79 Å². The molecule has 0 spiro atoms. The average molecular weight is 360 g/mol. The highest BCUT2D eigenvalue weighted by molar-refractivity contribution is 5.95. The quantitative estimate of drug-likeness (QED) is 0.554. The predicted octanol–water partition coefficient (Wildman–Crippen LogP) is 3.33. The van der Waals surface area contributed by atoms with E-state index in [0.717, 1.165) is 17.6 Å². The lowest BCUT2D eigenvalue weighted by atomic mass is 10.1. The molecular formula is C21H20N4O2. The number of para-hydroxylation sites is 2. The van der Waals surface area contributed by atoms with E-state index in [1.165, 1.54) is 18.1 Å². The topological polar surface area (TPSA) is 71.9 Å². The smallest absolute Gasteiger partial charge is 0.275 e. The first-order chi connectivity index (χ1) is 13.3. The summed E-state index contributed by atoms with van der Waals surface area (Å²) in [5.41, 5.74) is 3.42. The molecule has 0 saturated heterocycles. The molecule has 0 atom stereocenters. The van der Waals surface area contributed by atoms with E-state index in [2.05, 4.69) is 21.5 Å². The summed E-state index contributed by atoms with van der Waals surface area (Å²) >= 11 is 0. The molecule has 0 saturated carbocycles. The normalized spacial score (nSPS) is 10.9. The van der Waals surface area contributed by atoms with Crippen molar-refractivity contribution in [3.63, 3.8) is 0 Å². The van der Waals surface area contributed by atoms with Gasteiger partial charge in [0.15, 0.2) is 11.4 Å². The minimum atomic E-state index is -0.249. The number of fused-ring (bicyclic) bond motifs is 1. The van der Waals surface area contributed by atoms with Gasteiger partial charge in [0.2, 0.25) is 0 Å². The molecule has 136 valence electrons. The lowest BCUT2D eigenvalue weighted by Crippen LogP contribution is -2.26.